The topological polar surface area (TPSA) is 96.5 Å². The van der Waals surface area contributed by atoms with Crippen LogP contribution in [0.25, 0.3) is 0 Å². The first kappa shape index (κ1) is 21.9. The van der Waals surface area contributed by atoms with Crippen molar-refractivity contribution in [3.63, 3.8) is 0 Å². The highest BCUT2D eigenvalue weighted by Gasteiger charge is 2.22. The number of carbonyl (C=O) groups is 3. The maximum Gasteiger partial charge on any atom is 0.339 e. The van der Waals surface area contributed by atoms with Gasteiger partial charge in [-0.3, -0.25) is 10.2 Å². The zero-order valence-electron chi connectivity index (χ0n) is 16.7. The van der Waals surface area contributed by atoms with Crippen LogP contribution in [0.15, 0.2) is 89.8 Å². The predicted octanol–water partition coefficient (Wildman–Crippen LogP) is 4.16. The third kappa shape index (κ3) is 6.10. The molecular formula is C23H21N3O4S. The number of nitrogens with one attached hydrogen (secondary N) is 3. The number of thioether (sulfide) groups is 1. The number of benzene rings is 3. The zero-order valence-corrected chi connectivity index (χ0v) is 17.5. The molecule has 8 heteroatoms. The lowest BCUT2D eigenvalue weighted by atomic mass is 10.1. The number of urea groups is 1. The van der Waals surface area contributed by atoms with Gasteiger partial charge in [-0.15, -0.1) is 11.8 Å². The Balaban J connectivity index is 1.67. The predicted molar refractivity (Wildman–Crippen MR) is 120 cm³/mol. The number of hydrogen-bond acceptors (Lipinski definition) is 5. The van der Waals surface area contributed by atoms with Crippen molar-refractivity contribution in [3.8, 4) is 0 Å². The fourth-order valence-electron chi connectivity index (χ4n) is 2.75. The van der Waals surface area contributed by atoms with E-state index in [0.717, 1.165) is 10.5 Å². The van der Waals surface area contributed by atoms with Crippen LogP contribution in [0.3, 0.4) is 0 Å². The van der Waals surface area contributed by atoms with Crippen LogP contribution in [-0.2, 0) is 9.53 Å². The van der Waals surface area contributed by atoms with Crippen molar-refractivity contribution < 1.29 is 19.1 Å². The zero-order chi connectivity index (χ0) is 22.1. The number of rotatable bonds is 6. The average molecular weight is 436 g/mol. The number of ether oxygens (including phenoxy) is 1. The van der Waals surface area contributed by atoms with Crippen molar-refractivity contribution in [2.45, 2.75) is 10.1 Å². The molecule has 0 aliphatic carbocycles. The Labute approximate surface area is 184 Å². The lowest BCUT2D eigenvalue weighted by Gasteiger charge is -2.18. The third-order valence-corrected chi connectivity index (χ3v) is 5.48. The van der Waals surface area contributed by atoms with Gasteiger partial charge in [0.05, 0.1) is 18.4 Å². The van der Waals surface area contributed by atoms with Crippen LogP contribution in [0, 0.1) is 0 Å². The van der Waals surface area contributed by atoms with Crippen molar-refractivity contribution in [3.05, 3.63) is 96.1 Å². The molecule has 0 fully saturated rings. The first-order chi connectivity index (χ1) is 15.1. The van der Waals surface area contributed by atoms with Gasteiger partial charge in [-0.2, -0.15) is 0 Å². The summed E-state index contributed by atoms with van der Waals surface area (Å²) in [5, 5.41) is 1.96. The summed E-state index contributed by atoms with van der Waals surface area (Å²) in [5.41, 5.74) is 6.05. The molecule has 7 nitrogen and oxygen atoms in total. The van der Waals surface area contributed by atoms with E-state index in [2.05, 4.69) is 16.2 Å². The Kier molecular flexibility index (Phi) is 7.67. The lowest BCUT2D eigenvalue weighted by Crippen LogP contribution is -2.45. The van der Waals surface area contributed by atoms with Gasteiger partial charge < -0.3 is 10.1 Å². The minimum Gasteiger partial charge on any atom is -0.465 e. The molecular weight excluding hydrogens is 414 g/mol. The van der Waals surface area contributed by atoms with Crippen molar-refractivity contribution in [2.75, 3.05) is 12.4 Å². The van der Waals surface area contributed by atoms with Gasteiger partial charge >= 0.3 is 12.0 Å². The molecule has 0 aliphatic rings. The molecule has 158 valence electrons. The van der Waals surface area contributed by atoms with Crippen molar-refractivity contribution >= 4 is 35.4 Å². The molecule has 0 spiro atoms. The Hall–Kier alpha value is -3.78. The number of carbonyl (C=O) groups excluding carboxylic acids is 3. The summed E-state index contributed by atoms with van der Waals surface area (Å²) in [6, 6.07) is 24.5. The van der Waals surface area contributed by atoms with E-state index in [-0.39, 0.29) is 11.3 Å². The minimum atomic E-state index is -0.693. The van der Waals surface area contributed by atoms with Crippen molar-refractivity contribution in [1.29, 1.82) is 0 Å². The van der Waals surface area contributed by atoms with Crippen LogP contribution in [0.1, 0.15) is 21.2 Å². The number of anilines is 1. The Morgan fingerprint density at radius 3 is 2.10 bits per heavy atom. The van der Waals surface area contributed by atoms with E-state index in [1.165, 1.54) is 24.9 Å². The molecule has 31 heavy (non-hydrogen) atoms. The lowest BCUT2D eigenvalue weighted by molar-refractivity contribution is -0.121. The third-order valence-electron chi connectivity index (χ3n) is 4.22. The second kappa shape index (κ2) is 10.8. The van der Waals surface area contributed by atoms with Crippen LogP contribution in [0.2, 0.25) is 0 Å². The normalized spacial score (nSPS) is 11.1. The second-order valence-corrected chi connectivity index (χ2v) is 7.51. The fourth-order valence-corrected chi connectivity index (χ4v) is 3.80. The van der Waals surface area contributed by atoms with Crippen molar-refractivity contribution in [1.82, 2.24) is 10.9 Å². The van der Waals surface area contributed by atoms with Gasteiger partial charge in [0.2, 0.25) is 0 Å². The summed E-state index contributed by atoms with van der Waals surface area (Å²) < 4.78 is 4.71. The summed E-state index contributed by atoms with van der Waals surface area (Å²) in [7, 11) is 1.26. The number of hydrazine groups is 1. The number of hydrogen-bond donors (Lipinski definition) is 3. The van der Waals surface area contributed by atoms with E-state index in [9.17, 15) is 14.4 Å². The number of esters is 1. The molecule has 0 saturated carbocycles. The minimum absolute atomic E-state index is 0.202. The summed E-state index contributed by atoms with van der Waals surface area (Å²) >= 11 is 1.37. The van der Waals surface area contributed by atoms with Gasteiger partial charge in [0.15, 0.2) is 0 Å². The van der Waals surface area contributed by atoms with E-state index in [0.29, 0.717) is 0 Å². The molecule has 3 rings (SSSR count). The van der Waals surface area contributed by atoms with Gasteiger partial charge in [0, 0.05) is 4.90 Å². The first-order valence-corrected chi connectivity index (χ1v) is 10.3. The van der Waals surface area contributed by atoms with E-state index in [1.807, 2.05) is 60.7 Å². The highest BCUT2D eigenvalue weighted by molar-refractivity contribution is 8.00. The Morgan fingerprint density at radius 1 is 0.806 bits per heavy atom. The smallest absolute Gasteiger partial charge is 0.339 e. The standard InChI is InChI=1S/C23H21N3O4S/c1-30-22(28)18-14-8-9-15-19(18)24-23(29)26-25-21(27)20(16-10-4-2-5-11-16)31-17-12-6-3-7-13-17/h2-15,20H,1H3,(H,25,27)(H2,24,26,29)/t20-/m0/s1. The molecule has 3 N–H and O–H groups in total. The molecule has 0 radical (unpaired) electrons. The largest absolute Gasteiger partial charge is 0.465 e. The molecule has 1 atom stereocenters. The summed E-state index contributed by atoms with van der Waals surface area (Å²) in [6.07, 6.45) is 0. The monoisotopic (exact) mass is 435 g/mol. The van der Waals surface area contributed by atoms with Gasteiger partial charge in [0.25, 0.3) is 5.91 Å². The maximum absolute atomic E-state index is 12.9. The molecule has 0 bridgehead atoms. The van der Waals surface area contributed by atoms with E-state index < -0.39 is 23.2 Å². The number of methoxy groups -OCH3 is 1. The second-order valence-electron chi connectivity index (χ2n) is 6.33. The molecule has 0 aliphatic heterocycles. The molecule has 0 heterocycles. The van der Waals surface area contributed by atoms with E-state index >= 15 is 0 Å². The van der Waals surface area contributed by atoms with Gasteiger partial charge in [-0.1, -0.05) is 60.7 Å². The molecule has 0 unspecified atom stereocenters. The van der Waals surface area contributed by atoms with Gasteiger partial charge in [-0.25, -0.2) is 15.0 Å². The van der Waals surface area contributed by atoms with Crippen LogP contribution >= 0.6 is 11.8 Å². The van der Waals surface area contributed by atoms with Crippen LogP contribution in [0.4, 0.5) is 10.5 Å². The van der Waals surface area contributed by atoms with Crippen LogP contribution in [-0.4, -0.2) is 25.0 Å². The van der Waals surface area contributed by atoms with Crippen molar-refractivity contribution in [2.24, 2.45) is 0 Å². The molecule has 3 aromatic rings. The summed E-state index contributed by atoms with van der Waals surface area (Å²) in [5.74, 6) is -0.972. The summed E-state index contributed by atoms with van der Waals surface area (Å²) in [6.45, 7) is 0. The molecule has 0 saturated heterocycles. The number of amides is 3. The van der Waals surface area contributed by atoms with Gasteiger partial charge in [0.1, 0.15) is 5.25 Å². The summed E-state index contributed by atoms with van der Waals surface area (Å²) in [4.78, 5) is 37.9. The highest BCUT2D eigenvalue weighted by atomic mass is 32.2. The fraction of sp³-hybridized carbons (Fsp3) is 0.0870. The first-order valence-electron chi connectivity index (χ1n) is 9.39. The Bertz CT molecular complexity index is 1040. The van der Waals surface area contributed by atoms with Crippen LogP contribution in [0.5, 0.6) is 0 Å². The molecule has 3 aromatic carbocycles. The maximum atomic E-state index is 12.9. The van der Waals surface area contributed by atoms with E-state index in [4.69, 9.17) is 4.74 Å². The van der Waals surface area contributed by atoms with E-state index in [1.54, 1.807) is 18.2 Å². The average Bonchev–Trinajstić information content (AvgIpc) is 2.82. The molecule has 3 amide bonds. The van der Waals surface area contributed by atoms with Crippen LogP contribution < -0.4 is 16.2 Å². The van der Waals surface area contributed by atoms with Gasteiger partial charge in [-0.05, 0) is 29.8 Å². The quantitative estimate of drug-likeness (QED) is 0.307. The highest BCUT2D eigenvalue weighted by Crippen LogP contribution is 2.35. The Morgan fingerprint density at radius 2 is 1.42 bits per heavy atom. The number of para-hydroxylation sites is 1. The SMILES string of the molecule is COC(=O)c1ccccc1NC(=O)NNC(=O)[C@@H](Sc1ccccc1)c1ccccc1. The molecule has 0 aromatic heterocycles.